The molecule has 0 bridgehead atoms. The average molecular weight is 232 g/mol. The van der Waals surface area contributed by atoms with E-state index >= 15 is 0 Å². The lowest BCUT2D eigenvalue weighted by atomic mass is 9.92. The molecule has 0 aromatic heterocycles. The van der Waals surface area contributed by atoms with Crippen LogP contribution in [0.25, 0.3) is 0 Å². The summed E-state index contributed by atoms with van der Waals surface area (Å²) >= 11 is 1.91. The third-order valence-corrected chi connectivity index (χ3v) is 4.28. The zero-order valence-electron chi connectivity index (χ0n) is 11.0. The largest absolute Gasteiger partial charge is 0.329 e. The van der Waals surface area contributed by atoms with Gasteiger partial charge in [0.1, 0.15) is 0 Å². The normalized spacial score (nSPS) is 16.0. The Labute approximate surface area is 100.0 Å². The highest BCUT2D eigenvalue weighted by Gasteiger charge is 2.24. The highest BCUT2D eigenvalue weighted by atomic mass is 32.2. The number of rotatable bonds is 8. The van der Waals surface area contributed by atoms with E-state index in [1.807, 2.05) is 11.8 Å². The lowest BCUT2D eigenvalue weighted by Gasteiger charge is -2.37. The minimum Gasteiger partial charge on any atom is -0.329 e. The molecule has 0 saturated carbocycles. The molecule has 3 heteroatoms. The monoisotopic (exact) mass is 232 g/mol. The molecule has 0 saturated heterocycles. The second-order valence-electron chi connectivity index (χ2n) is 4.35. The molecule has 0 fully saturated rings. The van der Waals surface area contributed by atoms with E-state index in [4.69, 9.17) is 5.73 Å². The Balaban J connectivity index is 4.36. The molecular formula is C12H28N2S. The van der Waals surface area contributed by atoms with Gasteiger partial charge < -0.3 is 5.73 Å². The smallest absolute Gasteiger partial charge is 0.0246 e. The Morgan fingerprint density at radius 2 is 1.80 bits per heavy atom. The van der Waals surface area contributed by atoms with E-state index in [1.54, 1.807) is 0 Å². The summed E-state index contributed by atoms with van der Waals surface area (Å²) in [6.45, 7) is 7.61. The molecule has 0 aliphatic rings. The second-order valence-corrected chi connectivity index (χ2v) is 5.26. The third-order valence-electron chi connectivity index (χ3n) is 3.46. The first kappa shape index (κ1) is 15.3. The van der Waals surface area contributed by atoms with Crippen LogP contribution >= 0.6 is 11.8 Å². The zero-order chi connectivity index (χ0) is 11.8. The predicted octanol–water partition coefficient (Wildman–Crippen LogP) is 2.43. The van der Waals surface area contributed by atoms with Crippen LogP contribution in [0, 0.1) is 5.92 Å². The van der Waals surface area contributed by atoms with Crippen molar-refractivity contribution in [1.82, 2.24) is 4.90 Å². The van der Waals surface area contributed by atoms with E-state index < -0.39 is 0 Å². The van der Waals surface area contributed by atoms with Crippen LogP contribution in [-0.2, 0) is 0 Å². The maximum absolute atomic E-state index is 5.91. The summed E-state index contributed by atoms with van der Waals surface area (Å²) in [6.07, 6.45) is 4.63. The summed E-state index contributed by atoms with van der Waals surface area (Å²) in [7, 11) is 2.22. The van der Waals surface area contributed by atoms with Gasteiger partial charge in [0.05, 0.1) is 0 Å². The maximum atomic E-state index is 5.91. The molecule has 0 aliphatic heterocycles. The van der Waals surface area contributed by atoms with Gasteiger partial charge in [-0.15, -0.1) is 0 Å². The average Bonchev–Trinajstić information content (AvgIpc) is 2.25. The van der Waals surface area contributed by atoms with E-state index in [0.29, 0.717) is 12.1 Å². The molecule has 2 atom stereocenters. The van der Waals surface area contributed by atoms with Crippen LogP contribution in [0.4, 0.5) is 0 Å². The molecule has 0 aromatic rings. The quantitative estimate of drug-likeness (QED) is 0.697. The van der Waals surface area contributed by atoms with E-state index in [-0.39, 0.29) is 0 Å². The van der Waals surface area contributed by atoms with Gasteiger partial charge in [-0.25, -0.2) is 0 Å². The summed E-state index contributed by atoms with van der Waals surface area (Å²) in [6, 6.07) is 1.16. The van der Waals surface area contributed by atoms with Gasteiger partial charge in [0, 0.05) is 24.4 Å². The fourth-order valence-corrected chi connectivity index (χ4v) is 2.93. The number of likely N-dealkylation sites (N-methyl/N-ethyl adjacent to an activating group) is 1. The molecule has 0 amide bonds. The molecule has 92 valence electrons. The van der Waals surface area contributed by atoms with Gasteiger partial charge in [0.15, 0.2) is 0 Å². The Kier molecular flexibility index (Phi) is 8.58. The highest BCUT2D eigenvalue weighted by molar-refractivity contribution is 7.98. The van der Waals surface area contributed by atoms with Crippen molar-refractivity contribution in [3.8, 4) is 0 Å². The molecule has 2 unspecified atom stereocenters. The first-order chi connectivity index (χ1) is 7.12. The first-order valence-corrected chi connectivity index (χ1v) is 7.42. The Hall–Kier alpha value is 0.270. The number of thioether (sulfide) groups is 1. The number of nitrogens with zero attached hydrogens (tertiary/aromatic N) is 1. The van der Waals surface area contributed by atoms with Crippen molar-refractivity contribution < 1.29 is 0 Å². The summed E-state index contributed by atoms with van der Waals surface area (Å²) in [5, 5.41) is 0. The summed E-state index contributed by atoms with van der Waals surface area (Å²) in [4.78, 5) is 2.47. The fraction of sp³-hybridized carbons (Fsp3) is 1.00. The molecule has 0 heterocycles. The van der Waals surface area contributed by atoms with E-state index in [9.17, 15) is 0 Å². The van der Waals surface area contributed by atoms with Crippen LogP contribution in [0.5, 0.6) is 0 Å². The number of nitrogens with two attached hydrogens (primary N) is 1. The zero-order valence-corrected chi connectivity index (χ0v) is 11.8. The fourth-order valence-electron chi connectivity index (χ4n) is 2.21. The van der Waals surface area contributed by atoms with Gasteiger partial charge in [-0.2, -0.15) is 11.8 Å². The number of hydrogen-bond acceptors (Lipinski definition) is 3. The number of hydrogen-bond donors (Lipinski definition) is 1. The third kappa shape index (κ3) is 4.75. The van der Waals surface area contributed by atoms with Crippen LogP contribution in [0.1, 0.15) is 33.6 Å². The van der Waals surface area contributed by atoms with E-state index in [1.165, 1.54) is 18.6 Å². The standard InChI is InChI=1S/C12H28N2S/c1-6-11(7-2)12(8-13)14(4)10(3)9-15-5/h10-12H,6-9,13H2,1-5H3. The van der Waals surface area contributed by atoms with Crippen molar-refractivity contribution in [3.05, 3.63) is 0 Å². The van der Waals surface area contributed by atoms with Crippen LogP contribution in [0.3, 0.4) is 0 Å². The molecule has 0 spiro atoms. The second kappa shape index (κ2) is 8.43. The Morgan fingerprint density at radius 1 is 1.27 bits per heavy atom. The molecule has 0 radical (unpaired) electrons. The van der Waals surface area contributed by atoms with Gasteiger partial charge in [-0.3, -0.25) is 4.90 Å². The first-order valence-electron chi connectivity index (χ1n) is 6.03. The lowest BCUT2D eigenvalue weighted by molar-refractivity contribution is 0.141. The Bertz CT molecular complexity index is 149. The SMILES string of the molecule is CCC(CC)C(CN)N(C)C(C)CSC. The molecular weight excluding hydrogens is 204 g/mol. The maximum Gasteiger partial charge on any atom is 0.0246 e. The minimum absolute atomic E-state index is 0.544. The minimum atomic E-state index is 0.544. The van der Waals surface area contributed by atoms with Crippen molar-refractivity contribution >= 4 is 11.8 Å². The highest BCUT2D eigenvalue weighted by Crippen LogP contribution is 2.19. The molecule has 0 aromatic carbocycles. The van der Waals surface area contributed by atoms with Crippen LogP contribution in [-0.4, -0.2) is 42.6 Å². The van der Waals surface area contributed by atoms with Crippen molar-refractivity contribution in [3.63, 3.8) is 0 Å². The van der Waals surface area contributed by atoms with Crippen LogP contribution in [0.15, 0.2) is 0 Å². The van der Waals surface area contributed by atoms with Crippen molar-refractivity contribution in [2.45, 2.75) is 45.7 Å². The summed E-state index contributed by atoms with van der Waals surface area (Å²) in [5.41, 5.74) is 5.91. The molecule has 15 heavy (non-hydrogen) atoms. The topological polar surface area (TPSA) is 29.3 Å². The molecule has 2 N–H and O–H groups in total. The van der Waals surface area contributed by atoms with Gasteiger partial charge >= 0.3 is 0 Å². The Morgan fingerprint density at radius 3 is 2.13 bits per heavy atom. The van der Waals surface area contributed by atoms with Gasteiger partial charge in [0.2, 0.25) is 0 Å². The summed E-state index contributed by atoms with van der Waals surface area (Å²) < 4.78 is 0. The van der Waals surface area contributed by atoms with Crippen molar-refractivity contribution in [1.29, 1.82) is 0 Å². The predicted molar refractivity (Wildman–Crippen MR) is 72.5 cm³/mol. The van der Waals surface area contributed by atoms with Gasteiger partial charge in [-0.05, 0) is 26.1 Å². The van der Waals surface area contributed by atoms with Crippen molar-refractivity contribution in [2.24, 2.45) is 11.7 Å². The van der Waals surface area contributed by atoms with Crippen molar-refractivity contribution in [2.75, 3.05) is 25.6 Å². The van der Waals surface area contributed by atoms with Gasteiger partial charge in [-0.1, -0.05) is 26.7 Å². The van der Waals surface area contributed by atoms with E-state index in [0.717, 1.165) is 12.5 Å². The van der Waals surface area contributed by atoms with E-state index in [2.05, 4.69) is 39.0 Å². The summed E-state index contributed by atoms with van der Waals surface area (Å²) in [5.74, 6) is 1.93. The molecule has 0 rings (SSSR count). The molecule has 2 nitrogen and oxygen atoms in total. The van der Waals surface area contributed by atoms with Gasteiger partial charge in [0.25, 0.3) is 0 Å². The van der Waals surface area contributed by atoms with Crippen LogP contribution in [0.2, 0.25) is 0 Å². The van der Waals surface area contributed by atoms with Crippen LogP contribution < -0.4 is 5.73 Å². The molecule has 0 aliphatic carbocycles. The lowest BCUT2D eigenvalue weighted by Crippen LogP contribution is -2.48.